The van der Waals surface area contributed by atoms with Gasteiger partial charge >= 0.3 is 0 Å². The molecule has 0 bridgehead atoms. The number of phenolic OH excluding ortho intramolecular Hbond substituents is 2. The van der Waals surface area contributed by atoms with E-state index in [9.17, 15) is 14.7 Å². The van der Waals surface area contributed by atoms with Crippen molar-refractivity contribution in [3.05, 3.63) is 22.7 Å². The van der Waals surface area contributed by atoms with E-state index >= 15 is 0 Å². The third-order valence-corrected chi connectivity index (χ3v) is 2.17. The molecule has 0 heterocycles. The second kappa shape index (κ2) is 4.85. The van der Waals surface area contributed by atoms with Gasteiger partial charge in [-0.3, -0.25) is 9.59 Å². The normalized spacial score (nSPS) is 9.88. The highest BCUT2D eigenvalue weighted by molar-refractivity contribution is 6.47. The molecule has 0 aliphatic heterocycles. The van der Waals surface area contributed by atoms with E-state index < -0.39 is 23.2 Å². The molecule has 0 fully saturated rings. The average Bonchev–Trinajstić information content (AvgIpc) is 2.23. The molecule has 5 nitrogen and oxygen atoms in total. The topological polar surface area (TPSA) is 86.6 Å². The number of Topliss-reactive ketones (excluding diaryl/α,β-unsaturated/α-hetero) is 1. The highest BCUT2D eigenvalue weighted by Gasteiger charge is 2.20. The fourth-order valence-corrected chi connectivity index (χ4v) is 1.33. The molecule has 16 heavy (non-hydrogen) atoms. The highest BCUT2D eigenvalue weighted by Crippen LogP contribution is 2.31. The van der Waals surface area contributed by atoms with Crippen molar-refractivity contribution in [3.8, 4) is 11.5 Å². The van der Waals surface area contributed by atoms with Gasteiger partial charge in [-0.15, -0.1) is 0 Å². The lowest BCUT2D eigenvalue weighted by atomic mass is 10.1. The van der Waals surface area contributed by atoms with Crippen LogP contribution in [0, 0.1) is 0 Å². The molecule has 86 valence electrons. The van der Waals surface area contributed by atoms with Gasteiger partial charge in [-0.25, -0.2) is 0 Å². The Balaban J connectivity index is 3.09. The number of phenols is 2. The molecule has 1 amide bonds. The zero-order valence-electron chi connectivity index (χ0n) is 8.45. The van der Waals surface area contributed by atoms with Crippen LogP contribution in [0.5, 0.6) is 11.5 Å². The van der Waals surface area contributed by atoms with Gasteiger partial charge in [-0.1, -0.05) is 11.6 Å². The van der Waals surface area contributed by atoms with Crippen LogP contribution in [0.2, 0.25) is 5.02 Å². The van der Waals surface area contributed by atoms with E-state index in [0.717, 1.165) is 12.1 Å². The molecule has 0 aliphatic rings. The summed E-state index contributed by atoms with van der Waals surface area (Å²) in [4.78, 5) is 22.8. The first kappa shape index (κ1) is 12.3. The molecule has 1 aromatic carbocycles. The molecule has 0 saturated heterocycles. The quantitative estimate of drug-likeness (QED) is 0.421. The van der Waals surface area contributed by atoms with Gasteiger partial charge in [-0.05, 0) is 13.0 Å². The molecular weight excluding hydrogens is 234 g/mol. The summed E-state index contributed by atoms with van der Waals surface area (Å²) in [5.41, 5.74) is -0.150. The minimum Gasteiger partial charge on any atom is -0.504 e. The van der Waals surface area contributed by atoms with Crippen molar-refractivity contribution in [2.45, 2.75) is 6.92 Å². The molecule has 0 radical (unpaired) electrons. The number of rotatable bonds is 3. The van der Waals surface area contributed by atoms with E-state index in [2.05, 4.69) is 5.32 Å². The first-order valence-corrected chi connectivity index (χ1v) is 4.89. The van der Waals surface area contributed by atoms with Gasteiger partial charge in [0.25, 0.3) is 11.7 Å². The van der Waals surface area contributed by atoms with Crippen molar-refractivity contribution in [1.82, 2.24) is 5.32 Å². The summed E-state index contributed by atoms with van der Waals surface area (Å²) in [6.07, 6.45) is 0. The third-order valence-electron chi connectivity index (χ3n) is 1.85. The predicted molar refractivity (Wildman–Crippen MR) is 57.8 cm³/mol. The summed E-state index contributed by atoms with van der Waals surface area (Å²) >= 11 is 5.67. The Morgan fingerprint density at radius 3 is 2.44 bits per heavy atom. The molecule has 0 aliphatic carbocycles. The fraction of sp³-hybridized carbons (Fsp3) is 0.200. The number of hydrogen-bond acceptors (Lipinski definition) is 4. The lowest BCUT2D eigenvalue weighted by Crippen LogP contribution is -2.30. The molecule has 0 atom stereocenters. The fourth-order valence-electron chi connectivity index (χ4n) is 1.09. The van der Waals surface area contributed by atoms with Crippen molar-refractivity contribution in [2.24, 2.45) is 0 Å². The van der Waals surface area contributed by atoms with Crippen molar-refractivity contribution in [2.75, 3.05) is 6.54 Å². The minimum absolute atomic E-state index is 0.0912. The van der Waals surface area contributed by atoms with Crippen LogP contribution in [0.4, 0.5) is 0 Å². The van der Waals surface area contributed by atoms with Gasteiger partial charge < -0.3 is 15.5 Å². The Bertz CT molecular complexity index is 445. The second-order valence-corrected chi connectivity index (χ2v) is 3.42. The van der Waals surface area contributed by atoms with Crippen LogP contribution < -0.4 is 5.32 Å². The number of amides is 1. The van der Waals surface area contributed by atoms with Gasteiger partial charge in [0.15, 0.2) is 11.5 Å². The first-order valence-electron chi connectivity index (χ1n) is 4.51. The maximum absolute atomic E-state index is 11.5. The van der Waals surface area contributed by atoms with Crippen LogP contribution in [0.15, 0.2) is 12.1 Å². The summed E-state index contributed by atoms with van der Waals surface area (Å²) in [6, 6.07) is 1.96. The Kier molecular flexibility index (Phi) is 3.73. The van der Waals surface area contributed by atoms with E-state index in [-0.39, 0.29) is 10.6 Å². The maximum Gasteiger partial charge on any atom is 0.292 e. The van der Waals surface area contributed by atoms with Crippen LogP contribution >= 0.6 is 11.6 Å². The zero-order chi connectivity index (χ0) is 12.3. The van der Waals surface area contributed by atoms with E-state index in [4.69, 9.17) is 16.7 Å². The van der Waals surface area contributed by atoms with Crippen LogP contribution in [0.3, 0.4) is 0 Å². The maximum atomic E-state index is 11.5. The smallest absolute Gasteiger partial charge is 0.292 e. The summed E-state index contributed by atoms with van der Waals surface area (Å²) in [7, 11) is 0. The number of halogens is 1. The van der Waals surface area contributed by atoms with Gasteiger partial charge in [0.05, 0.1) is 10.6 Å². The molecule has 0 aromatic heterocycles. The first-order chi connectivity index (χ1) is 7.47. The van der Waals surface area contributed by atoms with Gasteiger partial charge in [-0.2, -0.15) is 0 Å². The third kappa shape index (κ3) is 2.43. The molecule has 0 spiro atoms. The second-order valence-electron chi connectivity index (χ2n) is 3.01. The van der Waals surface area contributed by atoms with E-state index in [1.54, 1.807) is 6.92 Å². The molecule has 1 aromatic rings. The number of carbonyl (C=O) groups excluding carboxylic acids is 2. The van der Waals surface area contributed by atoms with Gasteiger partial charge in [0.1, 0.15) is 0 Å². The molecule has 0 unspecified atom stereocenters. The number of benzene rings is 1. The number of nitrogens with one attached hydrogen (secondary N) is 1. The van der Waals surface area contributed by atoms with Crippen LogP contribution in [0.25, 0.3) is 0 Å². The van der Waals surface area contributed by atoms with Crippen LogP contribution in [0.1, 0.15) is 17.3 Å². The molecule has 6 heteroatoms. The van der Waals surface area contributed by atoms with E-state index in [1.165, 1.54) is 0 Å². The minimum atomic E-state index is -0.859. The number of aromatic hydroxyl groups is 2. The van der Waals surface area contributed by atoms with Crippen molar-refractivity contribution >= 4 is 23.3 Å². The molecule has 1 rings (SSSR count). The Labute approximate surface area is 96.7 Å². The number of hydrogen-bond donors (Lipinski definition) is 3. The Morgan fingerprint density at radius 1 is 1.31 bits per heavy atom. The Morgan fingerprint density at radius 2 is 1.88 bits per heavy atom. The van der Waals surface area contributed by atoms with E-state index in [0.29, 0.717) is 6.54 Å². The van der Waals surface area contributed by atoms with Crippen molar-refractivity contribution in [1.29, 1.82) is 0 Å². The average molecular weight is 244 g/mol. The molecular formula is C10H10ClNO4. The predicted octanol–water partition coefficient (Wildman–Crippen LogP) is 1.07. The summed E-state index contributed by atoms with van der Waals surface area (Å²) in [5, 5.41) is 20.5. The largest absolute Gasteiger partial charge is 0.504 e. The molecule has 3 N–H and O–H groups in total. The zero-order valence-corrected chi connectivity index (χ0v) is 9.21. The summed E-state index contributed by atoms with van der Waals surface area (Å²) < 4.78 is 0. The van der Waals surface area contributed by atoms with Gasteiger partial charge in [0.2, 0.25) is 0 Å². The number of ketones is 1. The SMILES string of the molecule is CCNC(=O)C(=O)c1cc(O)c(O)cc1Cl. The standard InChI is InChI=1S/C10H10ClNO4/c1-2-12-10(16)9(15)5-3-7(13)8(14)4-6(5)11/h3-4,13-14H,2H2,1H3,(H,12,16). The van der Waals surface area contributed by atoms with Gasteiger partial charge in [0, 0.05) is 12.6 Å². The van der Waals surface area contributed by atoms with E-state index in [1.807, 2.05) is 0 Å². The van der Waals surface area contributed by atoms with Crippen LogP contribution in [-0.2, 0) is 4.79 Å². The molecule has 0 saturated carbocycles. The van der Waals surface area contributed by atoms with Crippen molar-refractivity contribution < 1.29 is 19.8 Å². The monoisotopic (exact) mass is 243 g/mol. The summed E-state index contributed by atoms with van der Waals surface area (Å²) in [5.74, 6) is -2.62. The Hall–Kier alpha value is -1.75. The highest BCUT2D eigenvalue weighted by atomic mass is 35.5. The summed E-state index contributed by atoms with van der Waals surface area (Å²) in [6.45, 7) is 1.98. The number of carbonyl (C=O) groups is 2. The van der Waals surface area contributed by atoms with Crippen LogP contribution in [-0.4, -0.2) is 28.4 Å². The lowest BCUT2D eigenvalue weighted by molar-refractivity contribution is -0.116. The lowest BCUT2D eigenvalue weighted by Gasteiger charge is -2.05. The van der Waals surface area contributed by atoms with Crippen molar-refractivity contribution in [3.63, 3.8) is 0 Å². The number of likely N-dealkylation sites (N-methyl/N-ethyl adjacent to an activating group) is 1.